The van der Waals surface area contributed by atoms with Crippen LogP contribution < -0.4 is 0 Å². The van der Waals surface area contributed by atoms with Gasteiger partial charge in [0.1, 0.15) is 0 Å². The number of ether oxygens (including phenoxy) is 1. The van der Waals surface area contributed by atoms with Crippen molar-refractivity contribution in [1.29, 1.82) is 5.41 Å². The molecule has 1 rings (SSSR count). The second-order valence-electron chi connectivity index (χ2n) is 3.38. The first kappa shape index (κ1) is 12.2. The predicted octanol–water partition coefficient (Wildman–Crippen LogP) is 3.53. The first-order valence-corrected chi connectivity index (χ1v) is 6.14. The van der Waals surface area contributed by atoms with Gasteiger partial charge in [-0.1, -0.05) is 40.2 Å². The zero-order chi connectivity index (χ0) is 11.1. The number of rotatable bonds is 5. The highest BCUT2D eigenvalue weighted by molar-refractivity contribution is 9.08. The van der Waals surface area contributed by atoms with Gasteiger partial charge >= 0.3 is 0 Å². The van der Waals surface area contributed by atoms with Crippen molar-refractivity contribution in [3.8, 4) is 0 Å². The molecular formula is C12H16BrNO. The van der Waals surface area contributed by atoms with Crippen LogP contribution in [0.5, 0.6) is 0 Å². The molecule has 0 heterocycles. The molecule has 2 nitrogen and oxygen atoms in total. The average Bonchev–Trinajstić information content (AvgIpc) is 2.29. The van der Waals surface area contributed by atoms with Gasteiger partial charge in [-0.05, 0) is 24.0 Å². The molecule has 1 aromatic carbocycles. The Balaban J connectivity index is 2.46. The summed E-state index contributed by atoms with van der Waals surface area (Å²) in [5.74, 6) is 0.367. The zero-order valence-corrected chi connectivity index (χ0v) is 10.5. The van der Waals surface area contributed by atoms with Crippen molar-refractivity contribution in [1.82, 2.24) is 0 Å². The third-order valence-electron chi connectivity index (χ3n) is 2.36. The lowest BCUT2D eigenvalue weighted by Gasteiger charge is -2.06. The molecule has 0 aliphatic carbocycles. The van der Waals surface area contributed by atoms with Gasteiger partial charge in [0.15, 0.2) is 5.90 Å². The summed E-state index contributed by atoms with van der Waals surface area (Å²) >= 11 is 3.48. The van der Waals surface area contributed by atoms with E-state index >= 15 is 0 Å². The van der Waals surface area contributed by atoms with E-state index in [-0.39, 0.29) is 0 Å². The molecule has 0 unspecified atom stereocenters. The highest BCUT2D eigenvalue weighted by Crippen LogP contribution is 2.15. The van der Waals surface area contributed by atoms with E-state index in [2.05, 4.69) is 40.2 Å². The average molecular weight is 270 g/mol. The first-order chi connectivity index (χ1) is 7.27. The molecule has 0 spiro atoms. The van der Waals surface area contributed by atoms with Crippen LogP contribution in [0.25, 0.3) is 0 Å². The molecule has 0 amide bonds. The van der Waals surface area contributed by atoms with Crippen molar-refractivity contribution in [3.63, 3.8) is 0 Å². The van der Waals surface area contributed by atoms with Gasteiger partial charge in [-0.2, -0.15) is 0 Å². The quantitative estimate of drug-likeness (QED) is 0.495. The molecule has 0 saturated carbocycles. The van der Waals surface area contributed by atoms with Gasteiger partial charge in [-0.15, -0.1) is 0 Å². The minimum absolute atomic E-state index is 0.367. The van der Waals surface area contributed by atoms with Crippen molar-refractivity contribution < 1.29 is 4.74 Å². The van der Waals surface area contributed by atoms with E-state index in [4.69, 9.17) is 10.1 Å². The summed E-state index contributed by atoms with van der Waals surface area (Å²) in [5.41, 5.74) is 2.69. The largest absolute Gasteiger partial charge is 0.484 e. The summed E-state index contributed by atoms with van der Waals surface area (Å²) in [6.45, 7) is 0. The molecule has 15 heavy (non-hydrogen) atoms. The topological polar surface area (TPSA) is 33.1 Å². The molecule has 1 aromatic rings. The van der Waals surface area contributed by atoms with Crippen molar-refractivity contribution in [2.45, 2.75) is 24.6 Å². The van der Waals surface area contributed by atoms with E-state index in [9.17, 15) is 0 Å². The third kappa shape index (κ3) is 4.04. The molecule has 0 aromatic heterocycles. The third-order valence-corrected chi connectivity index (χ3v) is 2.96. The van der Waals surface area contributed by atoms with Gasteiger partial charge in [0.2, 0.25) is 0 Å². The fourth-order valence-corrected chi connectivity index (χ4v) is 2.02. The molecule has 0 aliphatic rings. The second-order valence-corrected chi connectivity index (χ2v) is 3.94. The van der Waals surface area contributed by atoms with Crippen LogP contribution in [0.2, 0.25) is 0 Å². The molecule has 0 radical (unpaired) electrons. The van der Waals surface area contributed by atoms with E-state index in [0.29, 0.717) is 12.3 Å². The van der Waals surface area contributed by atoms with Gasteiger partial charge in [0.05, 0.1) is 7.11 Å². The van der Waals surface area contributed by atoms with Crippen LogP contribution in [0.15, 0.2) is 24.3 Å². The number of hydrogen-bond donors (Lipinski definition) is 1. The lowest BCUT2D eigenvalue weighted by Crippen LogP contribution is -2.00. The lowest BCUT2D eigenvalue weighted by molar-refractivity contribution is 0.384. The highest BCUT2D eigenvalue weighted by Gasteiger charge is 2.01. The Bertz CT molecular complexity index is 325. The molecule has 0 fully saturated rings. The van der Waals surface area contributed by atoms with Crippen molar-refractivity contribution in [3.05, 3.63) is 35.4 Å². The maximum atomic E-state index is 7.37. The molecule has 0 atom stereocenters. The van der Waals surface area contributed by atoms with Gasteiger partial charge in [0.25, 0.3) is 0 Å². The minimum atomic E-state index is 0.367. The number of nitrogens with one attached hydrogen (secondary N) is 1. The molecular weight excluding hydrogens is 254 g/mol. The maximum absolute atomic E-state index is 7.37. The smallest absolute Gasteiger partial charge is 0.180 e. The standard InChI is InChI=1S/C12H16BrNO/c1-15-12(14)8-4-7-10-5-2-3-6-11(10)9-13/h2-3,5-6,14H,4,7-9H2,1H3. The van der Waals surface area contributed by atoms with Crippen LogP contribution >= 0.6 is 15.9 Å². The lowest BCUT2D eigenvalue weighted by atomic mass is 10.0. The number of halogens is 1. The Morgan fingerprint density at radius 3 is 2.60 bits per heavy atom. The number of aryl methyl sites for hydroxylation is 1. The number of hydrogen-bond acceptors (Lipinski definition) is 2. The summed E-state index contributed by atoms with van der Waals surface area (Å²) in [7, 11) is 1.55. The predicted molar refractivity (Wildman–Crippen MR) is 66.7 cm³/mol. The molecule has 0 saturated heterocycles. The molecule has 3 heteroatoms. The number of benzene rings is 1. The highest BCUT2D eigenvalue weighted by atomic mass is 79.9. The van der Waals surface area contributed by atoms with Crippen molar-refractivity contribution in [2.24, 2.45) is 0 Å². The Kier molecular flexibility index (Phi) is 5.40. The molecule has 0 bridgehead atoms. The SMILES string of the molecule is COC(=N)CCCc1ccccc1CBr. The van der Waals surface area contributed by atoms with E-state index in [0.717, 1.165) is 18.2 Å². The van der Waals surface area contributed by atoms with Gasteiger partial charge in [-0.25, -0.2) is 0 Å². The minimum Gasteiger partial charge on any atom is -0.484 e. The van der Waals surface area contributed by atoms with Crippen LogP contribution in [0.4, 0.5) is 0 Å². The van der Waals surface area contributed by atoms with Crippen LogP contribution in [-0.4, -0.2) is 13.0 Å². The van der Waals surface area contributed by atoms with Gasteiger partial charge in [0, 0.05) is 11.8 Å². The van der Waals surface area contributed by atoms with Crippen LogP contribution in [0.3, 0.4) is 0 Å². The van der Waals surface area contributed by atoms with Crippen molar-refractivity contribution >= 4 is 21.8 Å². The number of alkyl halides is 1. The van der Waals surface area contributed by atoms with E-state index in [1.807, 2.05) is 0 Å². The monoisotopic (exact) mass is 269 g/mol. The molecule has 0 aliphatic heterocycles. The van der Waals surface area contributed by atoms with E-state index < -0.39 is 0 Å². The second kappa shape index (κ2) is 6.62. The van der Waals surface area contributed by atoms with Crippen LogP contribution in [0.1, 0.15) is 24.0 Å². The molecule has 82 valence electrons. The van der Waals surface area contributed by atoms with E-state index in [1.54, 1.807) is 7.11 Å². The summed E-state index contributed by atoms with van der Waals surface area (Å²) < 4.78 is 4.82. The van der Waals surface area contributed by atoms with Gasteiger partial charge < -0.3 is 4.74 Å². The summed E-state index contributed by atoms with van der Waals surface area (Å²) in [6.07, 6.45) is 2.69. The first-order valence-electron chi connectivity index (χ1n) is 5.02. The zero-order valence-electron chi connectivity index (χ0n) is 8.92. The maximum Gasteiger partial charge on any atom is 0.180 e. The van der Waals surface area contributed by atoms with E-state index in [1.165, 1.54) is 11.1 Å². The van der Waals surface area contributed by atoms with Gasteiger partial charge in [-0.3, -0.25) is 5.41 Å². The summed E-state index contributed by atoms with van der Waals surface area (Å²) in [4.78, 5) is 0. The van der Waals surface area contributed by atoms with Crippen LogP contribution in [-0.2, 0) is 16.5 Å². The number of methoxy groups -OCH3 is 1. The Morgan fingerprint density at radius 1 is 1.33 bits per heavy atom. The fourth-order valence-electron chi connectivity index (χ4n) is 1.47. The Morgan fingerprint density at radius 2 is 2.00 bits per heavy atom. The summed E-state index contributed by atoms with van der Waals surface area (Å²) in [5, 5.41) is 8.26. The Hall–Kier alpha value is -0.830. The Labute approximate surface area is 99.3 Å². The molecule has 1 N–H and O–H groups in total. The van der Waals surface area contributed by atoms with Crippen LogP contribution in [0, 0.1) is 5.41 Å². The van der Waals surface area contributed by atoms with Crippen molar-refractivity contribution in [2.75, 3.05) is 7.11 Å². The fraction of sp³-hybridized carbons (Fsp3) is 0.417. The normalized spacial score (nSPS) is 10.0. The summed E-state index contributed by atoms with van der Waals surface area (Å²) in [6, 6.07) is 8.39.